The first-order valence-electron chi connectivity index (χ1n) is 8.08. The van der Waals surface area contributed by atoms with Crippen molar-refractivity contribution in [3.05, 3.63) is 48.3 Å². The lowest BCUT2D eigenvalue weighted by molar-refractivity contribution is -0.123. The zero-order valence-electron chi connectivity index (χ0n) is 13.8. The number of aromatic nitrogens is 2. The van der Waals surface area contributed by atoms with Gasteiger partial charge < -0.3 is 16.0 Å². The highest BCUT2D eigenvalue weighted by Gasteiger charge is 2.21. The van der Waals surface area contributed by atoms with Gasteiger partial charge in [-0.1, -0.05) is 12.1 Å². The van der Waals surface area contributed by atoms with E-state index < -0.39 is 0 Å². The fourth-order valence-electron chi connectivity index (χ4n) is 2.72. The Morgan fingerprint density at radius 3 is 2.92 bits per heavy atom. The lowest BCUT2D eigenvalue weighted by Crippen LogP contribution is -2.40. The Balaban J connectivity index is 0.00000225. The molecule has 1 aliphatic heterocycles. The summed E-state index contributed by atoms with van der Waals surface area (Å²) < 4.78 is 1.56. The normalized spacial score (nSPS) is 16.1. The van der Waals surface area contributed by atoms with E-state index in [4.69, 9.17) is 0 Å². The SMILES string of the molecule is Cl.O=C(Cn1cccn1)Nc1cccc(CNC(=O)C2CCCN2)c1. The minimum absolute atomic E-state index is 0. The largest absolute Gasteiger partial charge is 0.351 e. The van der Waals surface area contributed by atoms with Gasteiger partial charge >= 0.3 is 0 Å². The standard InChI is InChI=1S/C17H21N5O2.ClH/c23-16(12-22-9-3-8-20-22)21-14-5-1-4-13(10-14)11-19-17(24)15-6-2-7-18-15;/h1,3-5,8-10,15,18H,2,6-7,11-12H2,(H,19,24)(H,21,23);1H. The highest BCUT2D eigenvalue weighted by atomic mass is 35.5. The third-order valence-corrected chi connectivity index (χ3v) is 3.92. The molecule has 0 aliphatic carbocycles. The molecule has 1 aromatic heterocycles. The summed E-state index contributed by atoms with van der Waals surface area (Å²) in [6.07, 6.45) is 5.30. The van der Waals surface area contributed by atoms with Crippen LogP contribution in [0, 0.1) is 0 Å². The van der Waals surface area contributed by atoms with Gasteiger partial charge in [0.2, 0.25) is 11.8 Å². The molecular formula is C17H22ClN5O2. The van der Waals surface area contributed by atoms with E-state index in [0.29, 0.717) is 12.2 Å². The first kappa shape index (κ1) is 19.0. The van der Waals surface area contributed by atoms with Crippen molar-refractivity contribution in [1.29, 1.82) is 0 Å². The zero-order valence-corrected chi connectivity index (χ0v) is 14.6. The minimum atomic E-state index is -0.143. The second kappa shape index (κ2) is 9.19. The first-order valence-corrected chi connectivity index (χ1v) is 8.08. The van der Waals surface area contributed by atoms with Crippen molar-refractivity contribution in [1.82, 2.24) is 20.4 Å². The summed E-state index contributed by atoms with van der Waals surface area (Å²) in [7, 11) is 0. The molecule has 0 saturated carbocycles. The molecule has 2 aromatic rings. The van der Waals surface area contributed by atoms with Gasteiger partial charge in [0.05, 0.1) is 6.04 Å². The van der Waals surface area contributed by atoms with Crippen molar-refractivity contribution in [3.63, 3.8) is 0 Å². The average molecular weight is 364 g/mol. The second-order valence-corrected chi connectivity index (χ2v) is 5.82. The van der Waals surface area contributed by atoms with Crippen LogP contribution in [0.3, 0.4) is 0 Å². The average Bonchev–Trinajstić information content (AvgIpc) is 3.26. The summed E-state index contributed by atoms with van der Waals surface area (Å²) in [5.74, 6) is -0.115. The van der Waals surface area contributed by atoms with E-state index in [9.17, 15) is 9.59 Å². The number of halogens is 1. The first-order chi connectivity index (χ1) is 11.7. The molecule has 8 heteroatoms. The fraction of sp³-hybridized carbons (Fsp3) is 0.353. The number of hydrogen-bond donors (Lipinski definition) is 3. The van der Waals surface area contributed by atoms with Crippen LogP contribution in [0.25, 0.3) is 0 Å². The maximum atomic E-state index is 12.0. The summed E-state index contributed by atoms with van der Waals surface area (Å²) in [4.78, 5) is 24.0. The monoisotopic (exact) mass is 363 g/mol. The third kappa shape index (κ3) is 5.58. The zero-order chi connectivity index (χ0) is 16.8. The van der Waals surface area contributed by atoms with Crippen molar-refractivity contribution in [2.24, 2.45) is 0 Å². The van der Waals surface area contributed by atoms with Gasteiger partial charge in [-0.15, -0.1) is 12.4 Å². The predicted molar refractivity (Wildman–Crippen MR) is 97.4 cm³/mol. The highest BCUT2D eigenvalue weighted by Crippen LogP contribution is 2.11. The van der Waals surface area contributed by atoms with Crippen LogP contribution in [0.15, 0.2) is 42.7 Å². The lowest BCUT2D eigenvalue weighted by atomic mass is 10.1. The van der Waals surface area contributed by atoms with Gasteiger partial charge in [0, 0.05) is 24.6 Å². The van der Waals surface area contributed by atoms with Crippen LogP contribution in [0.5, 0.6) is 0 Å². The molecule has 25 heavy (non-hydrogen) atoms. The van der Waals surface area contributed by atoms with Crippen LogP contribution in [-0.4, -0.2) is 34.2 Å². The Morgan fingerprint density at radius 2 is 2.20 bits per heavy atom. The molecule has 1 aromatic carbocycles. The molecule has 3 rings (SSSR count). The minimum Gasteiger partial charge on any atom is -0.351 e. The Hall–Kier alpha value is -2.38. The number of nitrogens with zero attached hydrogens (tertiary/aromatic N) is 2. The molecule has 7 nitrogen and oxygen atoms in total. The van der Waals surface area contributed by atoms with E-state index in [2.05, 4.69) is 21.0 Å². The molecule has 1 atom stereocenters. The number of carbonyl (C=O) groups excluding carboxylic acids is 2. The number of benzene rings is 1. The summed E-state index contributed by atoms with van der Waals surface area (Å²) in [5, 5.41) is 12.9. The van der Waals surface area contributed by atoms with Crippen LogP contribution in [0.4, 0.5) is 5.69 Å². The number of anilines is 1. The van der Waals surface area contributed by atoms with Gasteiger partial charge in [-0.05, 0) is 43.1 Å². The van der Waals surface area contributed by atoms with Crippen molar-refractivity contribution >= 4 is 29.9 Å². The predicted octanol–water partition coefficient (Wildman–Crippen LogP) is 1.31. The Morgan fingerprint density at radius 1 is 1.32 bits per heavy atom. The van der Waals surface area contributed by atoms with Gasteiger partial charge in [0.15, 0.2) is 0 Å². The van der Waals surface area contributed by atoms with Gasteiger partial charge in [-0.25, -0.2) is 0 Å². The van der Waals surface area contributed by atoms with Gasteiger partial charge in [0.25, 0.3) is 0 Å². The molecule has 0 spiro atoms. The van der Waals surface area contributed by atoms with Crippen LogP contribution in [0.1, 0.15) is 18.4 Å². The summed E-state index contributed by atoms with van der Waals surface area (Å²) in [5.41, 5.74) is 1.65. The molecule has 1 aliphatic rings. The van der Waals surface area contributed by atoms with Crippen molar-refractivity contribution in [3.8, 4) is 0 Å². The van der Waals surface area contributed by atoms with Crippen LogP contribution < -0.4 is 16.0 Å². The van der Waals surface area contributed by atoms with E-state index in [1.165, 1.54) is 0 Å². The summed E-state index contributed by atoms with van der Waals surface area (Å²) in [6.45, 7) is 1.51. The number of carbonyl (C=O) groups is 2. The molecule has 0 radical (unpaired) electrons. The van der Waals surface area contributed by atoms with E-state index in [0.717, 1.165) is 24.9 Å². The Kier molecular flexibility index (Phi) is 6.97. The van der Waals surface area contributed by atoms with Crippen molar-refractivity contribution in [2.45, 2.75) is 32.0 Å². The van der Waals surface area contributed by atoms with Gasteiger partial charge in [0.1, 0.15) is 6.54 Å². The van der Waals surface area contributed by atoms with E-state index in [-0.39, 0.29) is 36.8 Å². The molecule has 2 heterocycles. The molecule has 2 amide bonds. The molecule has 3 N–H and O–H groups in total. The topological polar surface area (TPSA) is 88.1 Å². The third-order valence-electron chi connectivity index (χ3n) is 3.92. The second-order valence-electron chi connectivity index (χ2n) is 5.82. The fourth-order valence-corrected chi connectivity index (χ4v) is 2.72. The van der Waals surface area contributed by atoms with Gasteiger partial charge in [-0.3, -0.25) is 14.3 Å². The maximum Gasteiger partial charge on any atom is 0.246 e. The Bertz CT molecular complexity index is 699. The van der Waals surface area contributed by atoms with Crippen LogP contribution >= 0.6 is 12.4 Å². The highest BCUT2D eigenvalue weighted by molar-refractivity contribution is 5.90. The molecule has 1 fully saturated rings. The Labute approximate surface area is 152 Å². The van der Waals surface area contributed by atoms with Crippen molar-refractivity contribution < 1.29 is 9.59 Å². The smallest absolute Gasteiger partial charge is 0.246 e. The summed E-state index contributed by atoms with van der Waals surface area (Å²) >= 11 is 0. The molecule has 1 unspecified atom stereocenters. The number of nitrogens with one attached hydrogen (secondary N) is 3. The number of amides is 2. The van der Waals surface area contributed by atoms with Crippen LogP contribution in [0.2, 0.25) is 0 Å². The van der Waals surface area contributed by atoms with Crippen molar-refractivity contribution in [2.75, 3.05) is 11.9 Å². The maximum absolute atomic E-state index is 12.0. The molecule has 1 saturated heterocycles. The van der Waals surface area contributed by atoms with E-state index >= 15 is 0 Å². The van der Waals surface area contributed by atoms with Crippen LogP contribution in [-0.2, 0) is 22.7 Å². The number of rotatable bonds is 6. The van der Waals surface area contributed by atoms with Gasteiger partial charge in [-0.2, -0.15) is 5.10 Å². The molecule has 134 valence electrons. The molecular weight excluding hydrogens is 342 g/mol. The summed E-state index contributed by atoms with van der Waals surface area (Å²) in [6, 6.07) is 9.16. The molecule has 0 bridgehead atoms. The van der Waals surface area contributed by atoms with E-state index in [1.54, 1.807) is 23.1 Å². The quantitative estimate of drug-likeness (QED) is 0.722. The van der Waals surface area contributed by atoms with E-state index in [1.807, 2.05) is 24.3 Å². The number of hydrogen-bond acceptors (Lipinski definition) is 4. The lowest BCUT2D eigenvalue weighted by Gasteiger charge is -2.12.